The molecule has 2 aromatic rings. The van der Waals surface area contributed by atoms with Gasteiger partial charge in [-0.25, -0.2) is 4.39 Å². The zero-order chi connectivity index (χ0) is 20.8. The van der Waals surface area contributed by atoms with Crippen molar-refractivity contribution in [3.63, 3.8) is 0 Å². The summed E-state index contributed by atoms with van der Waals surface area (Å²) in [5.74, 6) is 0.575. The summed E-state index contributed by atoms with van der Waals surface area (Å²) in [6, 6.07) is 11.8. The van der Waals surface area contributed by atoms with Crippen molar-refractivity contribution in [2.45, 2.75) is 32.1 Å². The van der Waals surface area contributed by atoms with Gasteiger partial charge in [0.25, 0.3) is 0 Å². The topological polar surface area (TPSA) is 55.8 Å². The van der Waals surface area contributed by atoms with Crippen LogP contribution in [0.5, 0.6) is 5.75 Å². The van der Waals surface area contributed by atoms with E-state index in [1.54, 1.807) is 24.0 Å². The number of thioether (sulfide) groups is 1. The summed E-state index contributed by atoms with van der Waals surface area (Å²) < 4.78 is 23.9. The lowest BCUT2D eigenvalue weighted by Gasteiger charge is -2.26. The Labute approximate surface area is 174 Å². The molecule has 3 rings (SSSR count). The van der Waals surface area contributed by atoms with E-state index in [1.807, 2.05) is 25.1 Å². The Kier molecular flexibility index (Phi) is 7.14. The Morgan fingerprint density at radius 2 is 2.00 bits per heavy atom. The molecule has 1 saturated heterocycles. The molecular weight excluding hydrogens is 393 g/mol. The van der Waals surface area contributed by atoms with Crippen LogP contribution in [0.4, 0.5) is 10.1 Å². The summed E-state index contributed by atoms with van der Waals surface area (Å²) in [4.78, 5) is 25.7. The van der Waals surface area contributed by atoms with Crippen LogP contribution in [0, 0.1) is 12.7 Å². The van der Waals surface area contributed by atoms with Crippen LogP contribution < -0.4 is 9.64 Å². The number of hydrogen-bond acceptors (Lipinski definition) is 5. The van der Waals surface area contributed by atoms with E-state index in [0.717, 1.165) is 16.8 Å². The van der Waals surface area contributed by atoms with Crippen LogP contribution in [0.15, 0.2) is 42.5 Å². The van der Waals surface area contributed by atoms with Gasteiger partial charge in [-0.15, -0.1) is 11.8 Å². The maximum Gasteiger partial charge on any atom is 0.305 e. The molecule has 2 aromatic carbocycles. The van der Waals surface area contributed by atoms with E-state index in [1.165, 1.54) is 23.9 Å². The van der Waals surface area contributed by atoms with E-state index >= 15 is 0 Å². The lowest BCUT2D eigenvalue weighted by atomic mass is 10.1. The molecule has 7 heteroatoms. The fourth-order valence-corrected chi connectivity index (χ4v) is 4.36. The lowest BCUT2D eigenvalue weighted by molar-refractivity contribution is -0.143. The minimum absolute atomic E-state index is 0.0236. The Morgan fingerprint density at radius 3 is 2.69 bits per heavy atom. The number of hydrogen-bond donors (Lipinski definition) is 0. The molecule has 0 bridgehead atoms. The van der Waals surface area contributed by atoms with Crippen LogP contribution >= 0.6 is 11.8 Å². The number of nitrogens with zero attached hydrogens (tertiary/aromatic N) is 1. The van der Waals surface area contributed by atoms with Crippen molar-refractivity contribution >= 4 is 29.3 Å². The van der Waals surface area contributed by atoms with Crippen LogP contribution in [0.3, 0.4) is 0 Å². The molecule has 1 atom stereocenters. The van der Waals surface area contributed by atoms with Gasteiger partial charge < -0.3 is 9.47 Å². The number of carbonyl (C=O) groups is 2. The van der Waals surface area contributed by atoms with E-state index < -0.39 is 0 Å². The number of rotatable bonds is 8. The molecule has 5 nitrogen and oxygen atoms in total. The molecule has 0 aliphatic carbocycles. The summed E-state index contributed by atoms with van der Waals surface area (Å²) >= 11 is 1.53. The highest BCUT2D eigenvalue weighted by Crippen LogP contribution is 2.43. The first-order valence-corrected chi connectivity index (χ1v) is 10.6. The van der Waals surface area contributed by atoms with Gasteiger partial charge in [0.05, 0.1) is 19.0 Å². The Balaban J connectivity index is 1.67. The number of esters is 1. The van der Waals surface area contributed by atoms with Gasteiger partial charge in [0.1, 0.15) is 16.9 Å². The maximum atomic E-state index is 13.3. The highest BCUT2D eigenvalue weighted by molar-refractivity contribution is 8.00. The van der Waals surface area contributed by atoms with Crippen molar-refractivity contribution in [3.8, 4) is 5.75 Å². The normalized spacial score (nSPS) is 16.2. The zero-order valence-electron chi connectivity index (χ0n) is 16.5. The number of benzene rings is 2. The molecule has 0 saturated carbocycles. The summed E-state index contributed by atoms with van der Waals surface area (Å²) in [5.41, 5.74) is 2.62. The van der Waals surface area contributed by atoms with Crippen LogP contribution in [0.25, 0.3) is 0 Å². The van der Waals surface area contributed by atoms with Crippen LogP contribution in [-0.4, -0.2) is 30.8 Å². The van der Waals surface area contributed by atoms with Gasteiger partial charge >= 0.3 is 5.97 Å². The maximum absolute atomic E-state index is 13.3. The van der Waals surface area contributed by atoms with Gasteiger partial charge in [-0.1, -0.05) is 12.1 Å². The first-order chi connectivity index (χ1) is 14.0. The minimum Gasteiger partial charge on any atom is -0.494 e. The molecule has 0 N–H and O–H groups in total. The van der Waals surface area contributed by atoms with Gasteiger partial charge in [-0.2, -0.15) is 0 Å². The van der Waals surface area contributed by atoms with Gasteiger partial charge in [0.15, 0.2) is 0 Å². The van der Waals surface area contributed by atoms with Crippen LogP contribution in [0.2, 0.25) is 0 Å². The molecule has 1 heterocycles. The number of anilines is 1. The Hall–Kier alpha value is -2.54. The van der Waals surface area contributed by atoms with E-state index in [-0.39, 0.29) is 23.1 Å². The molecule has 1 aliphatic heterocycles. The second kappa shape index (κ2) is 9.78. The van der Waals surface area contributed by atoms with Crippen molar-refractivity contribution in [1.82, 2.24) is 0 Å². The average molecular weight is 418 g/mol. The average Bonchev–Trinajstić information content (AvgIpc) is 3.07. The van der Waals surface area contributed by atoms with Crippen molar-refractivity contribution in [1.29, 1.82) is 0 Å². The molecule has 0 radical (unpaired) electrons. The van der Waals surface area contributed by atoms with E-state index in [0.29, 0.717) is 37.6 Å². The highest BCUT2D eigenvalue weighted by atomic mass is 32.2. The monoisotopic (exact) mass is 417 g/mol. The molecule has 29 heavy (non-hydrogen) atoms. The van der Waals surface area contributed by atoms with Crippen molar-refractivity contribution in [2.75, 3.05) is 23.9 Å². The summed E-state index contributed by atoms with van der Waals surface area (Å²) in [6.45, 7) is 4.50. The first-order valence-electron chi connectivity index (χ1n) is 9.57. The highest BCUT2D eigenvalue weighted by Gasteiger charge is 2.34. The molecule has 1 amide bonds. The van der Waals surface area contributed by atoms with Crippen LogP contribution in [-0.2, 0) is 14.3 Å². The largest absolute Gasteiger partial charge is 0.494 e. The lowest BCUT2D eigenvalue weighted by Crippen LogP contribution is -2.28. The molecular formula is C22H24FNO4S. The molecule has 0 aromatic heterocycles. The van der Waals surface area contributed by atoms with Crippen molar-refractivity contribution in [3.05, 3.63) is 59.4 Å². The third kappa shape index (κ3) is 5.29. The second-order valence-electron chi connectivity index (χ2n) is 6.68. The second-order valence-corrected chi connectivity index (χ2v) is 7.75. The number of aryl methyl sites for hydroxylation is 1. The number of carbonyl (C=O) groups excluding carboxylic acids is 2. The van der Waals surface area contributed by atoms with Gasteiger partial charge in [0, 0.05) is 12.1 Å². The summed E-state index contributed by atoms with van der Waals surface area (Å²) in [6.07, 6.45) is 0.900. The van der Waals surface area contributed by atoms with Crippen molar-refractivity contribution < 1.29 is 23.5 Å². The fraction of sp³-hybridized carbons (Fsp3) is 0.364. The fourth-order valence-electron chi connectivity index (χ4n) is 3.19. The zero-order valence-corrected chi connectivity index (χ0v) is 17.3. The smallest absolute Gasteiger partial charge is 0.305 e. The van der Waals surface area contributed by atoms with Crippen LogP contribution in [0.1, 0.15) is 36.3 Å². The molecule has 1 fully saturated rings. The number of halogens is 1. The number of ether oxygens (including phenoxy) is 2. The standard InChI is InChI=1S/C22H24FNO4S/c1-3-27-21(26)5-4-12-28-18-10-11-19(15(2)13-18)24-20(25)14-29-22(24)16-6-8-17(23)9-7-16/h6-11,13,22H,3-5,12,14H2,1-2H3. The minimum atomic E-state index is -0.296. The Morgan fingerprint density at radius 1 is 1.24 bits per heavy atom. The van der Waals surface area contributed by atoms with Gasteiger partial charge in [-0.05, 0) is 61.7 Å². The predicted octanol–water partition coefficient (Wildman–Crippen LogP) is 4.63. The van der Waals surface area contributed by atoms with Gasteiger partial charge in [-0.3, -0.25) is 14.5 Å². The quantitative estimate of drug-likeness (QED) is 0.463. The summed E-state index contributed by atoms with van der Waals surface area (Å²) in [5, 5.41) is -0.182. The summed E-state index contributed by atoms with van der Waals surface area (Å²) in [7, 11) is 0. The molecule has 0 spiro atoms. The van der Waals surface area contributed by atoms with E-state index in [2.05, 4.69) is 0 Å². The third-order valence-electron chi connectivity index (χ3n) is 4.55. The Bertz CT molecular complexity index is 872. The van der Waals surface area contributed by atoms with E-state index in [9.17, 15) is 14.0 Å². The molecule has 154 valence electrons. The number of amides is 1. The van der Waals surface area contributed by atoms with Crippen molar-refractivity contribution in [2.24, 2.45) is 0 Å². The molecule has 1 unspecified atom stereocenters. The van der Waals surface area contributed by atoms with E-state index in [4.69, 9.17) is 9.47 Å². The predicted molar refractivity (Wildman–Crippen MR) is 112 cm³/mol. The first kappa shape index (κ1) is 21.2. The van der Waals surface area contributed by atoms with Gasteiger partial charge in [0.2, 0.25) is 5.91 Å². The SMILES string of the molecule is CCOC(=O)CCCOc1ccc(N2C(=O)CSC2c2ccc(F)cc2)c(C)c1. The molecule has 1 aliphatic rings. The third-order valence-corrected chi connectivity index (χ3v) is 5.76.